The van der Waals surface area contributed by atoms with Crippen LogP contribution >= 0.6 is 11.3 Å². The summed E-state index contributed by atoms with van der Waals surface area (Å²) < 4.78 is 5.25. The summed E-state index contributed by atoms with van der Waals surface area (Å²) in [6.07, 6.45) is 0.400. The van der Waals surface area contributed by atoms with Gasteiger partial charge < -0.3 is 9.42 Å². The van der Waals surface area contributed by atoms with Crippen molar-refractivity contribution in [3.8, 4) is 11.4 Å². The zero-order valence-corrected chi connectivity index (χ0v) is 15.7. The third-order valence-corrected chi connectivity index (χ3v) is 4.82. The summed E-state index contributed by atoms with van der Waals surface area (Å²) in [5.74, 6) is 0.633. The number of carbonyl (C=O) groups is 1. The van der Waals surface area contributed by atoms with Crippen LogP contribution in [0, 0.1) is 10.1 Å². The average Bonchev–Trinajstić information content (AvgIpc) is 3.33. The number of hydrogen-bond donors (Lipinski definition) is 0. The minimum Gasteiger partial charge on any atom is -0.339 e. The standard InChI is InChI=1S/C18H18N4O4S/c1-12(2)21(18(23)15-7-4-10-27-15)9-8-16-19-17(20-26-16)13-5-3-6-14(11-13)22(24)25/h3-7,10-12H,8-9H2,1-2H3. The first kappa shape index (κ1) is 18.7. The summed E-state index contributed by atoms with van der Waals surface area (Å²) in [4.78, 5) is 29.8. The van der Waals surface area contributed by atoms with Crippen molar-refractivity contribution in [2.75, 3.05) is 6.54 Å². The van der Waals surface area contributed by atoms with Crippen LogP contribution in [0.1, 0.15) is 29.4 Å². The number of nitro benzene ring substituents is 1. The maximum atomic E-state index is 12.6. The number of rotatable bonds is 7. The highest BCUT2D eigenvalue weighted by Gasteiger charge is 2.21. The van der Waals surface area contributed by atoms with E-state index < -0.39 is 4.92 Å². The van der Waals surface area contributed by atoms with E-state index in [2.05, 4.69) is 10.1 Å². The zero-order chi connectivity index (χ0) is 19.4. The summed E-state index contributed by atoms with van der Waals surface area (Å²) in [6.45, 7) is 4.34. The SMILES string of the molecule is CC(C)N(CCc1nc(-c2cccc([N+](=O)[O-])c2)no1)C(=O)c1cccs1. The summed E-state index contributed by atoms with van der Waals surface area (Å²) in [5, 5.41) is 16.7. The molecule has 1 aromatic carbocycles. The zero-order valence-electron chi connectivity index (χ0n) is 14.9. The molecule has 0 aliphatic rings. The topological polar surface area (TPSA) is 102 Å². The van der Waals surface area contributed by atoms with E-state index in [-0.39, 0.29) is 23.5 Å². The Labute approximate surface area is 159 Å². The van der Waals surface area contributed by atoms with E-state index in [1.165, 1.54) is 23.5 Å². The lowest BCUT2D eigenvalue weighted by Crippen LogP contribution is -2.38. The maximum Gasteiger partial charge on any atom is 0.270 e. The van der Waals surface area contributed by atoms with Crippen LogP contribution in [0.5, 0.6) is 0 Å². The molecule has 27 heavy (non-hydrogen) atoms. The van der Waals surface area contributed by atoms with Gasteiger partial charge in [0, 0.05) is 36.7 Å². The molecule has 0 atom stereocenters. The van der Waals surface area contributed by atoms with Crippen molar-refractivity contribution in [2.45, 2.75) is 26.3 Å². The Morgan fingerprint density at radius 1 is 1.33 bits per heavy atom. The second-order valence-corrected chi connectivity index (χ2v) is 7.09. The number of hydrogen-bond acceptors (Lipinski definition) is 7. The minimum absolute atomic E-state index is 0.0266. The molecule has 3 rings (SSSR count). The van der Waals surface area contributed by atoms with Crippen molar-refractivity contribution in [3.05, 3.63) is 62.7 Å². The Kier molecular flexibility index (Phi) is 5.60. The van der Waals surface area contributed by atoms with Crippen molar-refractivity contribution < 1.29 is 14.2 Å². The predicted octanol–water partition coefficient (Wildman–Crippen LogP) is 3.80. The largest absolute Gasteiger partial charge is 0.339 e. The van der Waals surface area contributed by atoms with Crippen molar-refractivity contribution in [2.24, 2.45) is 0 Å². The molecule has 9 heteroatoms. The Balaban J connectivity index is 1.70. The van der Waals surface area contributed by atoms with Crippen molar-refractivity contribution in [3.63, 3.8) is 0 Å². The Morgan fingerprint density at radius 2 is 2.15 bits per heavy atom. The molecule has 0 N–H and O–H groups in total. The fraction of sp³-hybridized carbons (Fsp3) is 0.278. The van der Waals surface area contributed by atoms with Gasteiger partial charge in [-0.25, -0.2) is 0 Å². The number of carbonyl (C=O) groups excluding carboxylic acids is 1. The number of nitrogens with zero attached hydrogens (tertiary/aromatic N) is 4. The van der Waals surface area contributed by atoms with E-state index in [9.17, 15) is 14.9 Å². The molecule has 8 nitrogen and oxygen atoms in total. The molecule has 0 radical (unpaired) electrons. The fourth-order valence-corrected chi connectivity index (χ4v) is 3.26. The van der Waals surface area contributed by atoms with Gasteiger partial charge >= 0.3 is 0 Å². The molecular weight excluding hydrogens is 368 g/mol. The van der Waals surface area contributed by atoms with E-state index in [1.54, 1.807) is 23.1 Å². The Hall–Kier alpha value is -3.07. The fourth-order valence-electron chi connectivity index (χ4n) is 2.58. The molecule has 0 saturated heterocycles. The lowest BCUT2D eigenvalue weighted by Gasteiger charge is -2.25. The van der Waals surface area contributed by atoms with Gasteiger partial charge in [-0.3, -0.25) is 14.9 Å². The lowest BCUT2D eigenvalue weighted by molar-refractivity contribution is -0.384. The summed E-state index contributed by atoms with van der Waals surface area (Å²) in [5.41, 5.74) is 0.473. The highest BCUT2D eigenvalue weighted by molar-refractivity contribution is 7.12. The minimum atomic E-state index is -0.471. The van der Waals surface area contributed by atoms with Gasteiger partial charge in [-0.15, -0.1) is 11.3 Å². The van der Waals surface area contributed by atoms with Gasteiger partial charge in [0.1, 0.15) is 0 Å². The van der Waals surface area contributed by atoms with Gasteiger partial charge in [0.15, 0.2) is 0 Å². The van der Waals surface area contributed by atoms with Crippen molar-refractivity contribution in [1.29, 1.82) is 0 Å². The monoisotopic (exact) mass is 386 g/mol. The summed E-state index contributed by atoms with van der Waals surface area (Å²) >= 11 is 1.41. The molecule has 0 saturated carbocycles. The lowest BCUT2D eigenvalue weighted by atomic mass is 10.2. The van der Waals surface area contributed by atoms with Crippen LogP contribution in [0.3, 0.4) is 0 Å². The van der Waals surface area contributed by atoms with Crippen LogP contribution in [0.2, 0.25) is 0 Å². The third kappa shape index (κ3) is 4.37. The van der Waals surface area contributed by atoms with E-state index in [4.69, 9.17) is 4.52 Å². The third-order valence-electron chi connectivity index (χ3n) is 3.97. The Bertz CT molecular complexity index is 937. The Morgan fingerprint density at radius 3 is 2.81 bits per heavy atom. The molecule has 140 valence electrons. The van der Waals surface area contributed by atoms with Crippen LogP contribution < -0.4 is 0 Å². The summed E-state index contributed by atoms with van der Waals surface area (Å²) in [7, 11) is 0. The molecule has 0 unspecified atom stereocenters. The molecule has 0 bridgehead atoms. The quantitative estimate of drug-likeness (QED) is 0.452. The first-order valence-corrected chi connectivity index (χ1v) is 9.25. The number of amides is 1. The number of thiophene rings is 1. The average molecular weight is 386 g/mol. The molecule has 3 aromatic rings. The van der Waals surface area contributed by atoms with Gasteiger partial charge in [-0.1, -0.05) is 23.4 Å². The first-order chi connectivity index (χ1) is 13.0. The number of nitro groups is 1. The van der Waals surface area contributed by atoms with Gasteiger partial charge in [-0.05, 0) is 25.3 Å². The van der Waals surface area contributed by atoms with Crippen LogP contribution in [0.25, 0.3) is 11.4 Å². The van der Waals surface area contributed by atoms with Crippen LogP contribution in [0.4, 0.5) is 5.69 Å². The molecule has 2 aromatic heterocycles. The normalized spacial score (nSPS) is 10.9. The first-order valence-electron chi connectivity index (χ1n) is 8.37. The van der Waals surface area contributed by atoms with Crippen molar-refractivity contribution >= 4 is 22.9 Å². The molecule has 2 heterocycles. The predicted molar refractivity (Wildman–Crippen MR) is 101 cm³/mol. The number of aromatic nitrogens is 2. The van der Waals surface area contributed by atoms with E-state index in [1.807, 2.05) is 25.3 Å². The second-order valence-electron chi connectivity index (χ2n) is 6.14. The van der Waals surface area contributed by atoms with Gasteiger partial charge in [0.05, 0.1) is 9.80 Å². The van der Waals surface area contributed by atoms with Gasteiger partial charge in [0.25, 0.3) is 11.6 Å². The maximum absolute atomic E-state index is 12.6. The summed E-state index contributed by atoms with van der Waals surface area (Å²) in [6, 6.07) is 9.73. The van der Waals surface area contributed by atoms with E-state index >= 15 is 0 Å². The molecule has 0 fully saturated rings. The van der Waals surface area contributed by atoms with Crippen molar-refractivity contribution in [1.82, 2.24) is 15.0 Å². The van der Waals surface area contributed by atoms with Crippen LogP contribution in [-0.4, -0.2) is 38.5 Å². The number of benzene rings is 1. The molecular formula is C18H18N4O4S. The molecule has 1 amide bonds. The van der Waals surface area contributed by atoms with Crippen LogP contribution in [0.15, 0.2) is 46.3 Å². The van der Waals surface area contributed by atoms with Gasteiger partial charge in [-0.2, -0.15) is 4.98 Å². The highest BCUT2D eigenvalue weighted by Crippen LogP contribution is 2.22. The smallest absolute Gasteiger partial charge is 0.270 e. The number of non-ortho nitro benzene ring substituents is 1. The van der Waals surface area contributed by atoms with E-state index in [0.29, 0.717) is 29.3 Å². The van der Waals surface area contributed by atoms with Crippen LogP contribution in [-0.2, 0) is 6.42 Å². The second kappa shape index (κ2) is 8.09. The molecule has 0 aliphatic heterocycles. The van der Waals surface area contributed by atoms with Gasteiger partial charge in [0.2, 0.25) is 11.7 Å². The molecule has 0 spiro atoms. The molecule has 0 aliphatic carbocycles. The highest BCUT2D eigenvalue weighted by atomic mass is 32.1. The van der Waals surface area contributed by atoms with E-state index in [0.717, 1.165) is 0 Å².